The van der Waals surface area contributed by atoms with E-state index in [0.717, 1.165) is 36.1 Å². The first-order chi connectivity index (χ1) is 16.3. The van der Waals surface area contributed by atoms with Gasteiger partial charge in [-0.1, -0.05) is 76.1 Å². The van der Waals surface area contributed by atoms with Gasteiger partial charge in [0.05, 0.1) is 24.6 Å². The monoisotopic (exact) mass is 467 g/mol. The molecule has 2 unspecified atom stereocenters. The minimum atomic E-state index is -0.550. The van der Waals surface area contributed by atoms with Crippen molar-refractivity contribution in [1.82, 2.24) is 10.6 Å². The van der Waals surface area contributed by atoms with Crippen LogP contribution in [0, 0.1) is 5.92 Å². The quantitative estimate of drug-likeness (QED) is 0.375. The molecule has 2 rings (SSSR count). The van der Waals surface area contributed by atoms with Gasteiger partial charge < -0.3 is 21.1 Å². The lowest BCUT2D eigenvalue weighted by molar-refractivity contribution is -0.125. The van der Waals surface area contributed by atoms with Crippen LogP contribution in [-0.2, 0) is 9.59 Å². The minimum absolute atomic E-state index is 0.1000. The van der Waals surface area contributed by atoms with Gasteiger partial charge >= 0.3 is 0 Å². The summed E-state index contributed by atoms with van der Waals surface area (Å²) in [5.74, 6) is 0.672. The lowest BCUT2D eigenvalue weighted by Crippen LogP contribution is -2.45. The van der Waals surface area contributed by atoms with Gasteiger partial charge in [-0.05, 0) is 48.9 Å². The molecule has 0 spiro atoms. The van der Waals surface area contributed by atoms with E-state index >= 15 is 0 Å². The average Bonchev–Trinajstić information content (AvgIpc) is 2.85. The van der Waals surface area contributed by atoms with Gasteiger partial charge in [0.25, 0.3) is 0 Å². The van der Waals surface area contributed by atoms with Crippen molar-refractivity contribution in [2.45, 2.75) is 71.4 Å². The second-order valence-corrected chi connectivity index (χ2v) is 9.11. The largest absolute Gasteiger partial charge is 0.493 e. The van der Waals surface area contributed by atoms with Crippen LogP contribution in [0.1, 0.15) is 76.5 Å². The Morgan fingerprint density at radius 1 is 0.882 bits per heavy atom. The molecule has 2 amide bonds. The first-order valence-corrected chi connectivity index (χ1v) is 12.5. The van der Waals surface area contributed by atoms with Crippen LogP contribution >= 0.6 is 0 Å². The van der Waals surface area contributed by atoms with E-state index in [1.165, 1.54) is 0 Å². The number of nitrogens with two attached hydrogens (primary N) is 1. The molecule has 0 aliphatic rings. The van der Waals surface area contributed by atoms with E-state index < -0.39 is 6.04 Å². The molecule has 34 heavy (non-hydrogen) atoms. The maximum Gasteiger partial charge on any atom is 0.236 e. The van der Waals surface area contributed by atoms with Crippen LogP contribution in [0.2, 0.25) is 0 Å². The highest BCUT2D eigenvalue weighted by Gasteiger charge is 2.22. The zero-order chi connectivity index (χ0) is 24.9. The van der Waals surface area contributed by atoms with Gasteiger partial charge in [-0.2, -0.15) is 0 Å². The Morgan fingerprint density at radius 2 is 1.53 bits per heavy atom. The fourth-order valence-electron chi connectivity index (χ4n) is 3.83. The van der Waals surface area contributed by atoms with Crippen LogP contribution in [0.5, 0.6) is 5.75 Å². The first kappa shape index (κ1) is 27.4. The van der Waals surface area contributed by atoms with E-state index in [1.807, 2.05) is 68.4 Å². The van der Waals surface area contributed by atoms with E-state index in [0.29, 0.717) is 18.9 Å². The van der Waals surface area contributed by atoms with Gasteiger partial charge in [-0.15, -0.1) is 0 Å². The van der Waals surface area contributed by atoms with Gasteiger partial charge in [-0.3, -0.25) is 9.59 Å². The van der Waals surface area contributed by atoms with Crippen molar-refractivity contribution < 1.29 is 14.3 Å². The van der Waals surface area contributed by atoms with Gasteiger partial charge in [-0.25, -0.2) is 0 Å². The number of ether oxygens (including phenoxy) is 1. The molecule has 0 bridgehead atoms. The Balaban J connectivity index is 2.11. The molecule has 4 N–H and O–H groups in total. The molecule has 0 radical (unpaired) electrons. The second-order valence-electron chi connectivity index (χ2n) is 9.11. The third-order valence-electron chi connectivity index (χ3n) is 6.02. The number of hydrogen-bond donors (Lipinski definition) is 3. The van der Waals surface area contributed by atoms with Crippen molar-refractivity contribution in [3.05, 3.63) is 65.7 Å². The van der Waals surface area contributed by atoms with E-state index in [-0.39, 0.29) is 30.3 Å². The van der Waals surface area contributed by atoms with Crippen molar-refractivity contribution in [3.63, 3.8) is 0 Å². The van der Waals surface area contributed by atoms with Gasteiger partial charge in [0.2, 0.25) is 11.8 Å². The van der Waals surface area contributed by atoms with E-state index in [4.69, 9.17) is 10.5 Å². The minimum Gasteiger partial charge on any atom is -0.493 e. The van der Waals surface area contributed by atoms with Crippen molar-refractivity contribution in [1.29, 1.82) is 0 Å². The Kier molecular flexibility index (Phi) is 11.6. The SMILES string of the molecule is CCCC(C)COc1ccc([C@H](CNC(=O)[C@@H](N)CCC)NC(=O)C(C)c2ccccc2)cc1. The lowest BCUT2D eigenvalue weighted by Gasteiger charge is -2.23. The molecular formula is C28H41N3O3. The number of benzene rings is 2. The van der Waals surface area contributed by atoms with Crippen LogP contribution < -0.4 is 21.1 Å². The van der Waals surface area contributed by atoms with Gasteiger partial charge in [0.15, 0.2) is 0 Å². The summed E-state index contributed by atoms with van der Waals surface area (Å²) in [4.78, 5) is 25.4. The third-order valence-corrected chi connectivity index (χ3v) is 6.02. The van der Waals surface area contributed by atoms with E-state index in [9.17, 15) is 9.59 Å². The molecule has 0 aromatic heterocycles. The molecule has 6 nitrogen and oxygen atoms in total. The molecule has 0 saturated carbocycles. The predicted octanol–water partition coefficient (Wildman–Crippen LogP) is 4.71. The van der Waals surface area contributed by atoms with Crippen LogP contribution in [0.3, 0.4) is 0 Å². The zero-order valence-electron chi connectivity index (χ0n) is 21.1. The zero-order valence-corrected chi connectivity index (χ0v) is 21.1. The molecule has 0 fully saturated rings. The number of rotatable bonds is 14. The number of hydrogen-bond acceptors (Lipinski definition) is 4. The highest BCUT2D eigenvalue weighted by molar-refractivity contribution is 5.84. The molecule has 0 saturated heterocycles. The Bertz CT molecular complexity index is 870. The number of carbonyl (C=O) groups excluding carboxylic acids is 2. The summed E-state index contributed by atoms with van der Waals surface area (Å²) in [7, 11) is 0. The van der Waals surface area contributed by atoms with Crippen molar-refractivity contribution in [2.75, 3.05) is 13.2 Å². The normalized spacial score (nSPS) is 14.5. The highest BCUT2D eigenvalue weighted by Crippen LogP contribution is 2.21. The predicted molar refractivity (Wildman–Crippen MR) is 138 cm³/mol. The highest BCUT2D eigenvalue weighted by atomic mass is 16.5. The number of nitrogens with one attached hydrogen (secondary N) is 2. The Hall–Kier alpha value is -2.86. The molecule has 2 aromatic carbocycles. The summed E-state index contributed by atoms with van der Waals surface area (Å²) in [6.07, 6.45) is 3.73. The maximum atomic E-state index is 13.0. The van der Waals surface area contributed by atoms with Gasteiger partial charge in [0, 0.05) is 6.54 Å². The van der Waals surface area contributed by atoms with Crippen molar-refractivity contribution in [2.24, 2.45) is 11.7 Å². The van der Waals surface area contributed by atoms with Crippen LogP contribution in [0.4, 0.5) is 0 Å². The molecule has 4 atom stereocenters. The molecule has 186 valence electrons. The van der Waals surface area contributed by atoms with Crippen LogP contribution in [0.25, 0.3) is 0 Å². The van der Waals surface area contributed by atoms with Crippen LogP contribution in [-0.4, -0.2) is 31.0 Å². The fraction of sp³-hybridized carbons (Fsp3) is 0.500. The summed E-state index contributed by atoms with van der Waals surface area (Å²) in [6.45, 7) is 9.17. The summed E-state index contributed by atoms with van der Waals surface area (Å²) >= 11 is 0. The van der Waals surface area contributed by atoms with E-state index in [1.54, 1.807) is 0 Å². The van der Waals surface area contributed by atoms with E-state index in [2.05, 4.69) is 24.5 Å². The Labute approximate surface area is 204 Å². The smallest absolute Gasteiger partial charge is 0.236 e. The summed E-state index contributed by atoms with van der Waals surface area (Å²) in [5, 5.41) is 6.02. The topological polar surface area (TPSA) is 93.4 Å². The number of amides is 2. The summed E-state index contributed by atoms with van der Waals surface area (Å²) < 4.78 is 5.92. The lowest BCUT2D eigenvalue weighted by atomic mass is 9.99. The third kappa shape index (κ3) is 8.82. The number of carbonyl (C=O) groups is 2. The fourth-order valence-corrected chi connectivity index (χ4v) is 3.83. The van der Waals surface area contributed by atoms with Crippen molar-refractivity contribution in [3.8, 4) is 5.75 Å². The molecular weight excluding hydrogens is 426 g/mol. The van der Waals surface area contributed by atoms with Crippen LogP contribution in [0.15, 0.2) is 54.6 Å². The standard InChI is InChI=1S/C28H41N3O3/c1-5-10-20(3)19-34-24-16-14-23(15-17-24)26(18-30-28(33)25(29)11-6-2)31-27(32)21(4)22-12-8-7-9-13-22/h7-9,12-17,20-21,25-26H,5-6,10-11,18-19,29H2,1-4H3,(H,30,33)(H,31,32)/t20?,21?,25-,26-/m0/s1. The second kappa shape index (κ2) is 14.4. The molecule has 6 heteroatoms. The van der Waals surface area contributed by atoms with Crippen molar-refractivity contribution >= 4 is 11.8 Å². The van der Waals surface area contributed by atoms with Gasteiger partial charge in [0.1, 0.15) is 5.75 Å². The molecule has 0 aliphatic carbocycles. The first-order valence-electron chi connectivity index (χ1n) is 12.5. The summed E-state index contributed by atoms with van der Waals surface area (Å²) in [5.41, 5.74) is 7.80. The Morgan fingerprint density at radius 3 is 2.15 bits per heavy atom. The maximum absolute atomic E-state index is 13.0. The average molecular weight is 468 g/mol. The summed E-state index contributed by atoms with van der Waals surface area (Å²) in [6, 6.07) is 16.4. The molecule has 2 aromatic rings. The molecule has 0 aliphatic heterocycles. The molecule has 0 heterocycles.